The third kappa shape index (κ3) is 12.6. The second kappa shape index (κ2) is 21.4. The van der Waals surface area contributed by atoms with Crippen LogP contribution in [-0.4, -0.2) is 65.2 Å². The van der Waals surface area contributed by atoms with Crippen LogP contribution in [0.15, 0.2) is 36.4 Å². The van der Waals surface area contributed by atoms with Crippen molar-refractivity contribution in [1.29, 1.82) is 0 Å². The molecule has 0 spiro atoms. The van der Waals surface area contributed by atoms with E-state index in [-0.39, 0.29) is 70.1 Å². The van der Waals surface area contributed by atoms with Crippen molar-refractivity contribution in [3.63, 3.8) is 0 Å². The van der Waals surface area contributed by atoms with Crippen molar-refractivity contribution in [2.45, 2.75) is 53.4 Å². The van der Waals surface area contributed by atoms with E-state index in [9.17, 15) is 18.4 Å². The van der Waals surface area contributed by atoms with Crippen molar-refractivity contribution in [3.05, 3.63) is 93.1 Å². The van der Waals surface area contributed by atoms with Crippen LogP contribution in [0.25, 0.3) is 0 Å². The minimum Gasteiger partial charge on any atom is -0.870 e. The number of methoxy groups -OCH3 is 2. The van der Waals surface area contributed by atoms with Gasteiger partial charge in [0.15, 0.2) is 23.1 Å². The minimum absolute atomic E-state index is 0. The summed E-state index contributed by atoms with van der Waals surface area (Å²) in [5, 5.41) is 14.1. The first kappa shape index (κ1) is 43.5. The van der Waals surface area contributed by atoms with Crippen LogP contribution in [0.1, 0.15) is 67.5 Å². The van der Waals surface area contributed by atoms with E-state index in [4.69, 9.17) is 9.47 Å². The fraction of sp³-hybridized carbons (Fsp3) is 0.375. The average Bonchev–Trinajstić information content (AvgIpc) is 3.52. The van der Waals surface area contributed by atoms with Crippen molar-refractivity contribution in [2.75, 3.05) is 27.4 Å². The summed E-state index contributed by atoms with van der Waals surface area (Å²) in [7, 11) is 2.56. The minimum atomic E-state index is -0.519. The van der Waals surface area contributed by atoms with E-state index in [1.54, 1.807) is 0 Å². The van der Waals surface area contributed by atoms with Crippen LogP contribution in [0.3, 0.4) is 0 Å². The topological polar surface area (TPSA) is 158 Å². The van der Waals surface area contributed by atoms with Crippen LogP contribution in [-0.2, 0) is 22.3 Å². The number of aromatic amines is 2. The second-order valence-electron chi connectivity index (χ2n) is 10.0. The molecule has 0 atom stereocenters. The predicted octanol–water partition coefficient (Wildman–Crippen LogP) is 3.18. The van der Waals surface area contributed by atoms with E-state index in [1.807, 2.05) is 27.7 Å². The van der Waals surface area contributed by atoms with Gasteiger partial charge in [-0.25, -0.2) is 18.4 Å². The van der Waals surface area contributed by atoms with Crippen molar-refractivity contribution in [1.82, 2.24) is 20.4 Å². The normalized spacial score (nSPS) is 9.87. The Balaban J connectivity index is 0.000000846. The molecule has 0 fully saturated rings. The summed E-state index contributed by atoms with van der Waals surface area (Å²) in [6.07, 6.45) is 3.05. The van der Waals surface area contributed by atoms with Crippen LogP contribution >= 0.6 is 12.4 Å². The Labute approximate surface area is 301 Å². The Kier molecular flexibility index (Phi) is 19.8. The molecule has 0 saturated carbocycles. The molecule has 3 N–H and O–H groups in total. The molecule has 0 bridgehead atoms. The van der Waals surface area contributed by atoms with Crippen molar-refractivity contribution in [3.8, 4) is 11.5 Å². The van der Waals surface area contributed by atoms with Crippen LogP contribution < -0.4 is 39.0 Å². The number of esters is 2. The fourth-order valence-corrected chi connectivity index (χ4v) is 4.46. The number of carbonyl (C=O) groups excluding carboxylic acids is 2. The fourth-order valence-electron chi connectivity index (χ4n) is 4.46. The summed E-state index contributed by atoms with van der Waals surface area (Å²) in [6, 6.07) is 7.85. The molecule has 2 heterocycles. The molecule has 15 heteroatoms. The Morgan fingerprint density at radius 3 is 1.36 bits per heavy atom. The largest absolute Gasteiger partial charge is 1.00 e. The van der Waals surface area contributed by atoms with E-state index in [0.717, 1.165) is 59.6 Å². The number of hydrogen-bond donors (Lipinski definition) is 2. The maximum atomic E-state index is 13.7. The number of halogens is 3. The Morgan fingerprint density at radius 2 is 1.06 bits per heavy atom. The molecule has 0 amide bonds. The Bertz CT molecular complexity index is 1430. The van der Waals surface area contributed by atoms with Crippen LogP contribution in [0, 0.1) is 39.3 Å². The molecule has 252 valence electrons. The molecule has 4 rings (SSSR count). The van der Waals surface area contributed by atoms with Gasteiger partial charge in [0.2, 0.25) is 0 Å². The number of rotatable bonds is 12. The maximum absolute atomic E-state index is 13.7. The van der Waals surface area contributed by atoms with Gasteiger partial charge in [0.1, 0.15) is 0 Å². The van der Waals surface area contributed by atoms with Gasteiger partial charge in [0.25, 0.3) is 0 Å². The zero-order valence-corrected chi connectivity index (χ0v) is 30.5. The average molecular weight is 689 g/mol. The number of aryl methyl sites for hydroxylation is 4. The van der Waals surface area contributed by atoms with Crippen LogP contribution in [0.5, 0.6) is 11.5 Å². The molecule has 0 aliphatic carbocycles. The van der Waals surface area contributed by atoms with Gasteiger partial charge in [0, 0.05) is 11.4 Å². The summed E-state index contributed by atoms with van der Waals surface area (Å²) in [6.45, 7) is 8.53. The summed E-state index contributed by atoms with van der Waals surface area (Å²) in [5.41, 5.74) is 6.86. The number of carbonyl (C=O) groups is 2. The molecule has 2 aromatic carbocycles. The number of ether oxygens (including phenoxy) is 4. The van der Waals surface area contributed by atoms with Gasteiger partial charge in [-0.2, -0.15) is 10.2 Å². The summed E-state index contributed by atoms with van der Waals surface area (Å²) in [4.78, 5) is 22.9. The number of benzene rings is 2. The molecule has 0 saturated heterocycles. The second-order valence-corrected chi connectivity index (χ2v) is 10.0. The van der Waals surface area contributed by atoms with Crippen molar-refractivity contribution < 1.29 is 72.4 Å². The van der Waals surface area contributed by atoms with Crippen LogP contribution in [0.2, 0.25) is 0 Å². The van der Waals surface area contributed by atoms with E-state index in [2.05, 4.69) is 29.9 Å². The molecule has 0 aliphatic rings. The first-order chi connectivity index (χ1) is 21.0. The SMILES string of the molecule is COC(=O)c1ccc(F)c(OCCCc2c(C)n[nH]c2C)c1.COC(=O)c1ccc(F)c(OCCCc2c(C)n[nH]c2C)c1.Cl.[Na+].[OH-]. The zero-order chi connectivity index (χ0) is 32.2. The number of aromatic nitrogens is 4. The standard InChI is InChI=1S/2C16H19FN2O3.ClH.Na.H2O/c2*1-10-13(11(2)19-18-10)5-4-8-22-15-9-12(16(20)21-3)6-7-14(15)17;;;/h2*6-7,9H,4-5,8H2,1-3H3,(H,18,19);1H;;1H2/q;;;+1;/p-1. The Morgan fingerprint density at radius 1 is 0.702 bits per heavy atom. The van der Waals surface area contributed by atoms with E-state index >= 15 is 0 Å². The molecule has 0 unspecified atom stereocenters. The van der Waals surface area contributed by atoms with Gasteiger partial charge < -0.3 is 24.4 Å². The van der Waals surface area contributed by atoms with Gasteiger partial charge >= 0.3 is 41.5 Å². The molecular weight excluding hydrogens is 649 g/mol. The van der Waals surface area contributed by atoms with Crippen molar-refractivity contribution in [2.24, 2.45) is 0 Å². The third-order valence-electron chi connectivity index (χ3n) is 6.92. The molecule has 11 nitrogen and oxygen atoms in total. The molecule has 2 aromatic heterocycles. The number of nitrogens with zero attached hydrogens (tertiary/aromatic N) is 2. The van der Waals surface area contributed by atoms with Gasteiger partial charge in [-0.1, -0.05) is 0 Å². The van der Waals surface area contributed by atoms with Crippen molar-refractivity contribution >= 4 is 24.3 Å². The van der Waals surface area contributed by atoms with E-state index < -0.39 is 23.6 Å². The maximum Gasteiger partial charge on any atom is 1.00 e. The smallest absolute Gasteiger partial charge is 0.870 e. The van der Waals surface area contributed by atoms with Gasteiger partial charge in [-0.15, -0.1) is 12.4 Å². The first-order valence-corrected chi connectivity index (χ1v) is 14.1. The molecule has 47 heavy (non-hydrogen) atoms. The quantitative estimate of drug-likeness (QED) is 0.130. The number of H-pyrrole nitrogens is 2. The third-order valence-corrected chi connectivity index (χ3v) is 6.92. The summed E-state index contributed by atoms with van der Waals surface area (Å²) < 4.78 is 47.4. The molecule has 0 radical (unpaired) electrons. The predicted molar refractivity (Wildman–Crippen MR) is 168 cm³/mol. The Hall–Kier alpha value is -3.49. The first-order valence-electron chi connectivity index (χ1n) is 14.1. The molecule has 4 aromatic rings. The monoisotopic (exact) mass is 688 g/mol. The zero-order valence-electron chi connectivity index (χ0n) is 27.7. The summed E-state index contributed by atoms with van der Waals surface area (Å²) in [5.74, 6) is -1.91. The molecule has 0 aliphatic heterocycles. The van der Waals surface area contributed by atoms with Crippen LogP contribution in [0.4, 0.5) is 8.78 Å². The van der Waals surface area contributed by atoms with Gasteiger partial charge in [-0.05, 0) is 101 Å². The van der Waals surface area contributed by atoms with Gasteiger partial charge in [0.05, 0.1) is 49.9 Å². The number of hydrogen-bond acceptors (Lipinski definition) is 9. The summed E-state index contributed by atoms with van der Waals surface area (Å²) >= 11 is 0. The van der Waals surface area contributed by atoms with E-state index in [1.165, 1.54) is 50.6 Å². The van der Waals surface area contributed by atoms with Gasteiger partial charge in [-0.3, -0.25) is 10.2 Å². The molecular formula is C32H40ClF2N4NaO7. The van der Waals surface area contributed by atoms with E-state index in [0.29, 0.717) is 13.2 Å². The number of nitrogens with one attached hydrogen (secondary N) is 2.